The first kappa shape index (κ1) is 17.3. The highest BCUT2D eigenvalue weighted by Gasteiger charge is 2.05. The molecular formula is C18H21Cl2NO. The van der Waals surface area contributed by atoms with E-state index in [-0.39, 0.29) is 6.10 Å². The van der Waals surface area contributed by atoms with Gasteiger partial charge in [0.25, 0.3) is 0 Å². The Hall–Kier alpha value is -1.06. The van der Waals surface area contributed by atoms with Crippen LogP contribution >= 0.6 is 23.2 Å². The quantitative estimate of drug-likeness (QED) is 0.710. The second-order valence-electron chi connectivity index (χ2n) is 5.37. The summed E-state index contributed by atoms with van der Waals surface area (Å²) in [7, 11) is 0. The zero-order chi connectivity index (χ0) is 15.8. The van der Waals surface area contributed by atoms with Gasteiger partial charge in [-0.2, -0.15) is 0 Å². The Bertz CT molecular complexity index is 575. The largest absolute Gasteiger partial charge is 0.392 e. The van der Waals surface area contributed by atoms with Crippen molar-refractivity contribution < 1.29 is 5.11 Å². The van der Waals surface area contributed by atoms with Crippen LogP contribution in [0.1, 0.15) is 17.5 Å². The average Bonchev–Trinajstić information content (AvgIpc) is 2.52. The lowest BCUT2D eigenvalue weighted by atomic mass is 10.1. The van der Waals surface area contributed by atoms with Crippen molar-refractivity contribution in [2.24, 2.45) is 0 Å². The van der Waals surface area contributed by atoms with Crippen LogP contribution in [0, 0.1) is 0 Å². The fourth-order valence-corrected chi connectivity index (χ4v) is 2.80. The second-order valence-corrected chi connectivity index (χ2v) is 6.21. The lowest BCUT2D eigenvalue weighted by Gasteiger charge is -2.12. The van der Waals surface area contributed by atoms with E-state index in [9.17, 15) is 5.11 Å². The third-order valence-corrected chi connectivity index (χ3v) is 4.16. The van der Waals surface area contributed by atoms with Crippen molar-refractivity contribution in [3.8, 4) is 0 Å². The van der Waals surface area contributed by atoms with Crippen LogP contribution in [0.4, 0.5) is 0 Å². The summed E-state index contributed by atoms with van der Waals surface area (Å²) in [5.74, 6) is 0. The van der Waals surface area contributed by atoms with Crippen LogP contribution in [-0.2, 0) is 12.8 Å². The molecule has 2 aromatic rings. The Morgan fingerprint density at radius 3 is 2.50 bits per heavy atom. The smallest absolute Gasteiger partial charge is 0.0667 e. The summed E-state index contributed by atoms with van der Waals surface area (Å²) in [6.07, 6.45) is 2.15. The number of halogens is 2. The van der Waals surface area contributed by atoms with Gasteiger partial charge < -0.3 is 10.4 Å². The number of hydrogen-bond donors (Lipinski definition) is 2. The third kappa shape index (κ3) is 5.98. The van der Waals surface area contributed by atoms with E-state index in [0.29, 0.717) is 16.6 Å². The molecule has 1 atom stereocenters. The SMILES string of the molecule is OC(CCc1ccccc1)CNCCc1ccc(Cl)cc1Cl. The molecule has 0 heterocycles. The summed E-state index contributed by atoms with van der Waals surface area (Å²) < 4.78 is 0. The molecule has 0 aliphatic rings. The fraction of sp³-hybridized carbons (Fsp3) is 0.333. The van der Waals surface area contributed by atoms with E-state index in [2.05, 4.69) is 17.4 Å². The van der Waals surface area contributed by atoms with Crippen LogP contribution < -0.4 is 5.32 Å². The van der Waals surface area contributed by atoms with Gasteiger partial charge in [-0.1, -0.05) is 59.6 Å². The number of hydrogen-bond acceptors (Lipinski definition) is 2. The maximum Gasteiger partial charge on any atom is 0.0667 e. The third-order valence-electron chi connectivity index (χ3n) is 3.58. The van der Waals surface area contributed by atoms with Crippen LogP contribution in [0.25, 0.3) is 0 Å². The van der Waals surface area contributed by atoms with Crippen LogP contribution in [0.3, 0.4) is 0 Å². The van der Waals surface area contributed by atoms with E-state index in [0.717, 1.165) is 31.4 Å². The molecule has 0 aromatic heterocycles. The highest BCUT2D eigenvalue weighted by molar-refractivity contribution is 6.35. The minimum atomic E-state index is -0.333. The Morgan fingerprint density at radius 2 is 1.77 bits per heavy atom. The molecule has 2 N–H and O–H groups in total. The standard InChI is InChI=1S/C18H21Cl2NO/c19-16-8-7-15(18(20)12-16)10-11-21-13-17(22)9-6-14-4-2-1-3-5-14/h1-5,7-8,12,17,21-22H,6,9-11,13H2. The molecule has 2 nitrogen and oxygen atoms in total. The van der Waals surface area contributed by atoms with Crippen molar-refractivity contribution in [3.05, 3.63) is 69.7 Å². The molecular weight excluding hydrogens is 317 g/mol. The van der Waals surface area contributed by atoms with Crippen molar-refractivity contribution in [3.63, 3.8) is 0 Å². The zero-order valence-electron chi connectivity index (χ0n) is 12.4. The summed E-state index contributed by atoms with van der Waals surface area (Å²) in [4.78, 5) is 0. The summed E-state index contributed by atoms with van der Waals surface area (Å²) >= 11 is 12.0. The van der Waals surface area contributed by atoms with Gasteiger partial charge in [0, 0.05) is 16.6 Å². The maximum atomic E-state index is 9.99. The fourth-order valence-electron chi connectivity index (χ4n) is 2.30. The summed E-state index contributed by atoms with van der Waals surface area (Å²) in [5, 5.41) is 14.6. The lowest BCUT2D eigenvalue weighted by molar-refractivity contribution is 0.162. The van der Waals surface area contributed by atoms with Gasteiger partial charge in [-0.15, -0.1) is 0 Å². The van der Waals surface area contributed by atoms with Crippen LogP contribution in [-0.4, -0.2) is 24.3 Å². The number of benzene rings is 2. The minimum absolute atomic E-state index is 0.333. The second kappa shape index (κ2) is 9.16. The first-order valence-corrected chi connectivity index (χ1v) is 8.27. The van der Waals surface area contributed by atoms with Gasteiger partial charge in [-0.05, 0) is 49.1 Å². The predicted octanol–water partition coefficient (Wildman–Crippen LogP) is 4.12. The topological polar surface area (TPSA) is 32.3 Å². The first-order chi connectivity index (χ1) is 10.6. The van der Waals surface area contributed by atoms with E-state index < -0.39 is 0 Å². The summed E-state index contributed by atoms with van der Waals surface area (Å²) in [5.41, 5.74) is 2.33. The molecule has 0 saturated carbocycles. The van der Waals surface area contributed by atoms with Gasteiger partial charge in [-0.25, -0.2) is 0 Å². The van der Waals surface area contributed by atoms with Crippen molar-refractivity contribution in [2.75, 3.05) is 13.1 Å². The Balaban J connectivity index is 1.63. The molecule has 2 aromatic carbocycles. The number of aliphatic hydroxyl groups excluding tert-OH is 1. The van der Waals surface area contributed by atoms with Crippen LogP contribution in [0.2, 0.25) is 10.0 Å². The van der Waals surface area contributed by atoms with Crippen molar-refractivity contribution >= 4 is 23.2 Å². The zero-order valence-corrected chi connectivity index (χ0v) is 13.9. The van der Waals surface area contributed by atoms with Gasteiger partial charge in [0.05, 0.1) is 6.10 Å². The molecule has 0 bridgehead atoms. The van der Waals surface area contributed by atoms with Crippen molar-refractivity contribution in [1.82, 2.24) is 5.32 Å². The highest BCUT2D eigenvalue weighted by Crippen LogP contribution is 2.21. The van der Waals surface area contributed by atoms with Gasteiger partial charge >= 0.3 is 0 Å². The number of aliphatic hydroxyl groups is 1. The lowest BCUT2D eigenvalue weighted by Crippen LogP contribution is -2.28. The van der Waals surface area contributed by atoms with Gasteiger partial charge in [-0.3, -0.25) is 0 Å². The van der Waals surface area contributed by atoms with Crippen molar-refractivity contribution in [2.45, 2.75) is 25.4 Å². The van der Waals surface area contributed by atoms with Crippen molar-refractivity contribution in [1.29, 1.82) is 0 Å². The predicted molar refractivity (Wildman–Crippen MR) is 93.8 cm³/mol. The van der Waals surface area contributed by atoms with Gasteiger partial charge in [0.1, 0.15) is 0 Å². The van der Waals surface area contributed by atoms with E-state index in [1.807, 2.05) is 30.3 Å². The Labute approximate surface area is 142 Å². The molecule has 0 saturated heterocycles. The summed E-state index contributed by atoms with van der Waals surface area (Å²) in [6, 6.07) is 15.8. The molecule has 0 aliphatic carbocycles. The van der Waals surface area contributed by atoms with E-state index in [4.69, 9.17) is 23.2 Å². The molecule has 22 heavy (non-hydrogen) atoms. The van der Waals surface area contributed by atoms with Crippen LogP contribution in [0.15, 0.2) is 48.5 Å². The first-order valence-electron chi connectivity index (χ1n) is 7.52. The van der Waals surface area contributed by atoms with E-state index >= 15 is 0 Å². The summed E-state index contributed by atoms with van der Waals surface area (Å²) in [6.45, 7) is 1.38. The highest BCUT2D eigenvalue weighted by atomic mass is 35.5. The molecule has 0 amide bonds. The Morgan fingerprint density at radius 1 is 1.00 bits per heavy atom. The number of rotatable bonds is 8. The van der Waals surface area contributed by atoms with Crippen LogP contribution in [0.5, 0.6) is 0 Å². The molecule has 0 spiro atoms. The van der Waals surface area contributed by atoms with E-state index in [1.54, 1.807) is 6.07 Å². The number of nitrogens with one attached hydrogen (secondary N) is 1. The molecule has 1 unspecified atom stereocenters. The van der Waals surface area contributed by atoms with E-state index in [1.165, 1.54) is 5.56 Å². The Kier molecular flexibility index (Phi) is 7.20. The molecule has 2 rings (SSSR count). The number of aryl methyl sites for hydroxylation is 1. The minimum Gasteiger partial charge on any atom is -0.392 e. The van der Waals surface area contributed by atoms with Gasteiger partial charge in [0.15, 0.2) is 0 Å². The van der Waals surface area contributed by atoms with Gasteiger partial charge in [0.2, 0.25) is 0 Å². The average molecular weight is 338 g/mol. The molecule has 0 fully saturated rings. The molecule has 4 heteroatoms. The molecule has 118 valence electrons. The molecule has 0 radical (unpaired) electrons. The monoisotopic (exact) mass is 337 g/mol. The molecule has 0 aliphatic heterocycles. The maximum absolute atomic E-state index is 9.99. The normalized spacial score (nSPS) is 12.3.